The van der Waals surface area contributed by atoms with Crippen molar-refractivity contribution in [3.05, 3.63) is 0 Å². The Morgan fingerprint density at radius 3 is 2.88 bits per heavy atom. The molecule has 2 fully saturated rings. The van der Waals surface area contributed by atoms with E-state index in [0.29, 0.717) is 18.8 Å². The molecular formula is C12H21N3O2. The van der Waals surface area contributed by atoms with Gasteiger partial charge in [0.1, 0.15) is 6.04 Å². The van der Waals surface area contributed by atoms with Crippen LogP contribution in [0.3, 0.4) is 0 Å². The first kappa shape index (κ1) is 12.4. The van der Waals surface area contributed by atoms with E-state index < -0.39 is 0 Å². The number of piperidine rings is 1. The van der Waals surface area contributed by atoms with Crippen molar-refractivity contribution in [3.63, 3.8) is 0 Å². The lowest BCUT2D eigenvalue weighted by atomic mass is 9.99. The summed E-state index contributed by atoms with van der Waals surface area (Å²) in [6, 6.07) is -0.288. The van der Waals surface area contributed by atoms with Gasteiger partial charge in [0.25, 0.3) is 0 Å². The van der Waals surface area contributed by atoms with Gasteiger partial charge in [-0.05, 0) is 38.3 Å². The lowest BCUT2D eigenvalue weighted by Crippen LogP contribution is -2.46. The smallest absolute Gasteiger partial charge is 0.244 e. The SMILES string of the molecule is CN(CC1CCCNC1)C(=O)[C@@H]1CCC(=O)N1. The van der Waals surface area contributed by atoms with Gasteiger partial charge in [-0.25, -0.2) is 0 Å². The molecule has 0 radical (unpaired) electrons. The second kappa shape index (κ2) is 5.49. The van der Waals surface area contributed by atoms with Gasteiger partial charge in [0.05, 0.1) is 0 Å². The molecule has 0 aliphatic carbocycles. The van der Waals surface area contributed by atoms with Gasteiger partial charge in [-0.2, -0.15) is 0 Å². The lowest BCUT2D eigenvalue weighted by molar-refractivity contribution is -0.133. The predicted octanol–water partition coefficient (Wildman–Crippen LogP) is -0.277. The van der Waals surface area contributed by atoms with Gasteiger partial charge in [-0.15, -0.1) is 0 Å². The number of rotatable bonds is 3. The van der Waals surface area contributed by atoms with Crippen LogP contribution < -0.4 is 10.6 Å². The third-order valence-electron chi connectivity index (χ3n) is 3.60. The first-order valence-corrected chi connectivity index (χ1v) is 6.42. The van der Waals surface area contributed by atoms with Crippen molar-refractivity contribution >= 4 is 11.8 Å². The van der Waals surface area contributed by atoms with Crippen molar-refractivity contribution < 1.29 is 9.59 Å². The Balaban J connectivity index is 1.80. The summed E-state index contributed by atoms with van der Waals surface area (Å²) in [6.07, 6.45) is 3.49. The van der Waals surface area contributed by atoms with Gasteiger partial charge in [0.2, 0.25) is 11.8 Å². The number of carbonyl (C=O) groups excluding carboxylic acids is 2. The van der Waals surface area contributed by atoms with Crippen LogP contribution in [0.15, 0.2) is 0 Å². The molecule has 96 valence electrons. The Hall–Kier alpha value is -1.10. The fourth-order valence-corrected chi connectivity index (χ4v) is 2.62. The van der Waals surface area contributed by atoms with Gasteiger partial charge in [0, 0.05) is 20.0 Å². The highest BCUT2D eigenvalue weighted by Crippen LogP contribution is 2.14. The van der Waals surface area contributed by atoms with Gasteiger partial charge in [-0.3, -0.25) is 9.59 Å². The number of nitrogens with zero attached hydrogens (tertiary/aromatic N) is 1. The van der Waals surface area contributed by atoms with Gasteiger partial charge in [0.15, 0.2) is 0 Å². The minimum absolute atomic E-state index is 0.00363. The van der Waals surface area contributed by atoms with Crippen LogP contribution in [0.2, 0.25) is 0 Å². The molecule has 0 saturated carbocycles. The molecule has 1 unspecified atom stereocenters. The summed E-state index contributed by atoms with van der Waals surface area (Å²) in [4.78, 5) is 24.9. The Bertz CT molecular complexity index is 300. The molecule has 2 saturated heterocycles. The fourth-order valence-electron chi connectivity index (χ4n) is 2.62. The number of amides is 2. The summed E-state index contributed by atoms with van der Waals surface area (Å²) in [5, 5.41) is 6.07. The monoisotopic (exact) mass is 239 g/mol. The van der Waals surface area contributed by atoms with Crippen molar-refractivity contribution in [3.8, 4) is 0 Å². The molecule has 5 heteroatoms. The van der Waals surface area contributed by atoms with E-state index in [1.807, 2.05) is 7.05 Å². The van der Waals surface area contributed by atoms with Gasteiger partial charge < -0.3 is 15.5 Å². The third-order valence-corrected chi connectivity index (χ3v) is 3.60. The molecule has 2 rings (SSSR count). The van der Waals surface area contributed by atoms with Crippen molar-refractivity contribution in [1.82, 2.24) is 15.5 Å². The first-order chi connectivity index (χ1) is 8.16. The lowest BCUT2D eigenvalue weighted by Gasteiger charge is -2.29. The summed E-state index contributed by atoms with van der Waals surface area (Å²) in [6.45, 7) is 2.87. The van der Waals surface area contributed by atoms with Crippen molar-refractivity contribution in [1.29, 1.82) is 0 Å². The van der Waals surface area contributed by atoms with Crippen LogP contribution in [0.5, 0.6) is 0 Å². The normalized spacial score (nSPS) is 28.9. The zero-order valence-corrected chi connectivity index (χ0v) is 10.4. The first-order valence-electron chi connectivity index (χ1n) is 6.42. The van der Waals surface area contributed by atoms with Gasteiger partial charge in [-0.1, -0.05) is 0 Å². The Morgan fingerprint density at radius 1 is 1.47 bits per heavy atom. The molecule has 0 aromatic rings. The maximum atomic E-state index is 12.1. The molecule has 2 atom stereocenters. The van der Waals surface area contributed by atoms with Crippen LogP contribution in [0.1, 0.15) is 25.7 Å². The average molecular weight is 239 g/mol. The highest BCUT2D eigenvalue weighted by molar-refractivity contribution is 5.90. The van der Waals surface area contributed by atoms with E-state index in [2.05, 4.69) is 10.6 Å². The highest BCUT2D eigenvalue weighted by atomic mass is 16.2. The van der Waals surface area contributed by atoms with Crippen molar-refractivity contribution in [2.24, 2.45) is 5.92 Å². The second-order valence-electron chi connectivity index (χ2n) is 5.09. The Kier molecular flexibility index (Phi) is 3.99. The quantitative estimate of drug-likeness (QED) is 0.712. The van der Waals surface area contributed by atoms with E-state index >= 15 is 0 Å². The average Bonchev–Trinajstić information content (AvgIpc) is 2.76. The van der Waals surface area contributed by atoms with Crippen LogP contribution in [0.4, 0.5) is 0 Å². The Labute approximate surface area is 102 Å². The molecule has 2 N–H and O–H groups in total. The van der Waals surface area contributed by atoms with Gasteiger partial charge >= 0.3 is 0 Å². The molecule has 0 aromatic carbocycles. The van der Waals surface area contributed by atoms with E-state index in [9.17, 15) is 9.59 Å². The maximum Gasteiger partial charge on any atom is 0.244 e. The van der Waals surface area contributed by atoms with Crippen molar-refractivity contribution in [2.75, 3.05) is 26.7 Å². The summed E-state index contributed by atoms with van der Waals surface area (Å²) in [5.41, 5.74) is 0. The molecule has 5 nitrogen and oxygen atoms in total. The zero-order valence-electron chi connectivity index (χ0n) is 10.4. The summed E-state index contributed by atoms with van der Waals surface area (Å²) in [5.74, 6) is 0.604. The predicted molar refractivity (Wildman–Crippen MR) is 64.4 cm³/mol. The van der Waals surface area contributed by atoms with Crippen LogP contribution >= 0.6 is 0 Å². The minimum atomic E-state index is -0.288. The summed E-state index contributed by atoms with van der Waals surface area (Å²) >= 11 is 0. The molecular weight excluding hydrogens is 218 g/mol. The summed E-state index contributed by atoms with van der Waals surface area (Å²) in [7, 11) is 1.83. The molecule has 0 bridgehead atoms. The molecule has 2 amide bonds. The Morgan fingerprint density at radius 2 is 2.29 bits per heavy atom. The number of nitrogens with one attached hydrogen (secondary N) is 2. The van der Waals surface area contributed by atoms with Crippen LogP contribution in [-0.2, 0) is 9.59 Å². The second-order valence-corrected chi connectivity index (χ2v) is 5.09. The van der Waals surface area contributed by atoms with E-state index in [-0.39, 0.29) is 17.9 Å². The minimum Gasteiger partial charge on any atom is -0.344 e. The zero-order chi connectivity index (χ0) is 12.3. The third kappa shape index (κ3) is 3.19. The molecule has 0 spiro atoms. The van der Waals surface area contributed by atoms with E-state index in [1.165, 1.54) is 12.8 Å². The topological polar surface area (TPSA) is 61.4 Å². The van der Waals surface area contributed by atoms with E-state index in [0.717, 1.165) is 19.6 Å². The molecule has 2 aliphatic heterocycles. The van der Waals surface area contributed by atoms with Crippen LogP contribution in [0.25, 0.3) is 0 Å². The molecule has 2 heterocycles. The largest absolute Gasteiger partial charge is 0.344 e. The fraction of sp³-hybridized carbons (Fsp3) is 0.833. The van der Waals surface area contributed by atoms with Crippen LogP contribution in [-0.4, -0.2) is 49.4 Å². The number of hydrogen-bond acceptors (Lipinski definition) is 3. The summed E-state index contributed by atoms with van der Waals surface area (Å²) < 4.78 is 0. The van der Waals surface area contributed by atoms with Crippen LogP contribution in [0, 0.1) is 5.92 Å². The molecule has 17 heavy (non-hydrogen) atoms. The maximum absolute atomic E-state index is 12.1. The number of carbonyl (C=O) groups is 2. The standard InChI is InChI=1S/C12H21N3O2/c1-15(8-9-3-2-6-13-7-9)12(17)10-4-5-11(16)14-10/h9-10,13H,2-8H2,1H3,(H,14,16)/t9?,10-/m0/s1. The van der Waals surface area contributed by atoms with E-state index in [4.69, 9.17) is 0 Å². The van der Waals surface area contributed by atoms with Crippen molar-refractivity contribution in [2.45, 2.75) is 31.7 Å². The highest BCUT2D eigenvalue weighted by Gasteiger charge is 2.30. The van der Waals surface area contributed by atoms with E-state index in [1.54, 1.807) is 4.90 Å². The number of likely N-dealkylation sites (N-methyl/N-ethyl adjacent to an activating group) is 1. The number of hydrogen-bond donors (Lipinski definition) is 2. The molecule has 0 aromatic heterocycles. The molecule has 2 aliphatic rings.